The third-order valence-corrected chi connectivity index (χ3v) is 4.10. The minimum Gasteiger partial charge on any atom is -0.506 e. The van der Waals surface area contributed by atoms with E-state index in [0.717, 1.165) is 0 Å². The smallest absolute Gasteiger partial charge is 0.240 e. The van der Waals surface area contributed by atoms with E-state index in [-0.39, 0.29) is 28.9 Å². The quantitative estimate of drug-likeness (QED) is 0.455. The number of aliphatic hydroxyl groups is 1. The highest BCUT2D eigenvalue weighted by molar-refractivity contribution is 7.89. The van der Waals surface area contributed by atoms with Gasteiger partial charge < -0.3 is 15.9 Å². The third kappa shape index (κ3) is 3.34. The van der Waals surface area contributed by atoms with Crippen molar-refractivity contribution in [3.63, 3.8) is 0 Å². The fourth-order valence-corrected chi connectivity index (χ4v) is 2.76. The molecule has 0 fully saturated rings. The number of phenols is 1. The summed E-state index contributed by atoms with van der Waals surface area (Å²) in [6.45, 7) is 3.31. The number of hydrogen-bond acceptors (Lipinski definition) is 5. The molecular weight excluding hydrogens is 256 g/mol. The van der Waals surface area contributed by atoms with Crippen molar-refractivity contribution in [2.45, 2.75) is 24.8 Å². The number of rotatable bonds is 5. The minimum absolute atomic E-state index is 0.0111. The van der Waals surface area contributed by atoms with Gasteiger partial charge in [-0.1, -0.05) is 13.8 Å². The number of aromatic hydroxyl groups is 1. The third-order valence-electron chi connectivity index (χ3n) is 2.62. The topological polar surface area (TPSA) is 113 Å². The second kappa shape index (κ2) is 5.55. The maximum Gasteiger partial charge on any atom is 0.240 e. The van der Waals surface area contributed by atoms with E-state index in [1.54, 1.807) is 13.8 Å². The largest absolute Gasteiger partial charge is 0.506 e. The molecule has 1 rings (SSSR count). The van der Waals surface area contributed by atoms with Crippen molar-refractivity contribution in [1.29, 1.82) is 0 Å². The number of nitrogen functional groups attached to an aromatic ring is 1. The van der Waals surface area contributed by atoms with Crippen LogP contribution in [0.25, 0.3) is 0 Å². The molecule has 0 saturated heterocycles. The van der Waals surface area contributed by atoms with Crippen molar-refractivity contribution >= 4 is 15.7 Å². The van der Waals surface area contributed by atoms with Crippen molar-refractivity contribution in [2.75, 3.05) is 12.3 Å². The van der Waals surface area contributed by atoms with Crippen LogP contribution in [0.5, 0.6) is 5.75 Å². The lowest BCUT2D eigenvalue weighted by molar-refractivity contribution is 0.227. The van der Waals surface area contributed by atoms with Gasteiger partial charge >= 0.3 is 0 Å². The van der Waals surface area contributed by atoms with Gasteiger partial charge in [0, 0.05) is 6.04 Å². The van der Waals surface area contributed by atoms with E-state index < -0.39 is 16.1 Å². The monoisotopic (exact) mass is 274 g/mol. The number of nitrogens with one attached hydrogen (secondary N) is 1. The number of sulfonamides is 1. The average molecular weight is 274 g/mol. The zero-order valence-electron chi connectivity index (χ0n) is 10.3. The van der Waals surface area contributed by atoms with Crippen molar-refractivity contribution in [3.8, 4) is 5.75 Å². The van der Waals surface area contributed by atoms with Crippen molar-refractivity contribution in [3.05, 3.63) is 18.2 Å². The first-order valence-corrected chi connectivity index (χ1v) is 6.98. The second-order valence-electron chi connectivity index (χ2n) is 4.37. The lowest BCUT2D eigenvalue weighted by atomic mass is 10.1. The molecule has 102 valence electrons. The first kappa shape index (κ1) is 14.7. The summed E-state index contributed by atoms with van der Waals surface area (Å²) < 4.78 is 26.4. The van der Waals surface area contributed by atoms with Crippen LogP contribution in [0, 0.1) is 5.92 Å². The Bertz CT molecular complexity index is 514. The highest BCUT2D eigenvalue weighted by Gasteiger charge is 2.22. The molecule has 0 unspecified atom stereocenters. The lowest BCUT2D eigenvalue weighted by Crippen LogP contribution is -2.41. The first-order chi connectivity index (χ1) is 8.27. The molecule has 0 radical (unpaired) electrons. The van der Waals surface area contributed by atoms with Crippen LogP contribution in [0.2, 0.25) is 0 Å². The van der Waals surface area contributed by atoms with E-state index in [4.69, 9.17) is 10.8 Å². The molecule has 0 spiro atoms. The molecule has 0 aliphatic heterocycles. The zero-order valence-corrected chi connectivity index (χ0v) is 11.1. The maximum atomic E-state index is 12.0. The molecule has 0 aliphatic carbocycles. The fourth-order valence-electron chi connectivity index (χ4n) is 1.35. The van der Waals surface area contributed by atoms with Crippen LogP contribution in [0.1, 0.15) is 13.8 Å². The van der Waals surface area contributed by atoms with E-state index in [0.29, 0.717) is 0 Å². The highest BCUT2D eigenvalue weighted by Crippen LogP contribution is 2.23. The molecule has 0 aromatic heterocycles. The van der Waals surface area contributed by atoms with Gasteiger partial charge in [0.05, 0.1) is 17.2 Å². The van der Waals surface area contributed by atoms with Crippen LogP contribution in [-0.2, 0) is 10.0 Å². The van der Waals surface area contributed by atoms with E-state index >= 15 is 0 Å². The van der Waals surface area contributed by atoms with Gasteiger partial charge in [-0.25, -0.2) is 13.1 Å². The van der Waals surface area contributed by atoms with Gasteiger partial charge in [-0.15, -0.1) is 0 Å². The second-order valence-corrected chi connectivity index (χ2v) is 6.09. The standard InChI is InChI=1S/C11H18N2O4S/c1-7(2)10(6-14)13-18(16,17)8-3-4-11(15)9(12)5-8/h3-5,7,10,13-15H,6,12H2,1-2H3/t10-/m1/s1. The Morgan fingerprint density at radius 2 is 2.00 bits per heavy atom. The summed E-state index contributed by atoms with van der Waals surface area (Å²) in [5.74, 6) is -0.212. The van der Waals surface area contributed by atoms with Crippen LogP contribution < -0.4 is 10.5 Å². The molecule has 0 aliphatic rings. The minimum atomic E-state index is -3.76. The number of hydrogen-bond donors (Lipinski definition) is 4. The molecule has 1 aromatic rings. The zero-order chi connectivity index (χ0) is 13.9. The van der Waals surface area contributed by atoms with Gasteiger partial charge in [0.25, 0.3) is 0 Å². The Kier molecular flexibility index (Phi) is 4.55. The molecule has 0 heterocycles. The van der Waals surface area contributed by atoms with Crippen LogP contribution in [0.3, 0.4) is 0 Å². The number of nitrogens with two attached hydrogens (primary N) is 1. The van der Waals surface area contributed by atoms with Crippen molar-refractivity contribution in [1.82, 2.24) is 4.72 Å². The molecule has 5 N–H and O–H groups in total. The maximum absolute atomic E-state index is 12.0. The predicted molar refractivity (Wildman–Crippen MR) is 68.6 cm³/mol. The number of phenolic OH excluding ortho intramolecular Hbond substituents is 1. The molecule has 0 bridgehead atoms. The molecule has 0 amide bonds. The van der Waals surface area contributed by atoms with E-state index in [1.165, 1.54) is 18.2 Å². The Morgan fingerprint density at radius 1 is 1.39 bits per heavy atom. The number of benzene rings is 1. The van der Waals surface area contributed by atoms with Gasteiger partial charge in [-0.05, 0) is 24.1 Å². The summed E-state index contributed by atoms with van der Waals surface area (Å²) in [6.07, 6.45) is 0. The van der Waals surface area contributed by atoms with E-state index in [9.17, 15) is 13.5 Å². The summed E-state index contributed by atoms with van der Waals surface area (Å²) in [4.78, 5) is -0.0445. The molecular formula is C11H18N2O4S. The van der Waals surface area contributed by atoms with Gasteiger partial charge in [0.1, 0.15) is 5.75 Å². The summed E-state index contributed by atoms with van der Waals surface area (Å²) >= 11 is 0. The van der Waals surface area contributed by atoms with Gasteiger partial charge in [-0.2, -0.15) is 0 Å². The summed E-state index contributed by atoms with van der Waals surface area (Å²) in [5, 5.41) is 18.4. The molecule has 7 heteroatoms. The molecule has 6 nitrogen and oxygen atoms in total. The Hall–Kier alpha value is -1.31. The van der Waals surface area contributed by atoms with Crippen LogP contribution in [0.15, 0.2) is 23.1 Å². The Labute approximate surface area is 106 Å². The molecule has 0 saturated carbocycles. The molecule has 18 heavy (non-hydrogen) atoms. The summed E-state index contributed by atoms with van der Waals surface area (Å²) in [5.41, 5.74) is 5.44. The van der Waals surface area contributed by atoms with Crippen LogP contribution >= 0.6 is 0 Å². The predicted octanol–water partition coefficient (Wildman–Crippen LogP) is 0.270. The van der Waals surface area contributed by atoms with Gasteiger partial charge in [-0.3, -0.25) is 0 Å². The van der Waals surface area contributed by atoms with Crippen LogP contribution in [0.4, 0.5) is 5.69 Å². The van der Waals surface area contributed by atoms with E-state index in [2.05, 4.69) is 4.72 Å². The Balaban J connectivity index is 3.02. The van der Waals surface area contributed by atoms with Crippen molar-refractivity contribution in [2.24, 2.45) is 5.92 Å². The number of aliphatic hydroxyl groups excluding tert-OH is 1. The SMILES string of the molecule is CC(C)[C@@H](CO)NS(=O)(=O)c1ccc(O)c(N)c1. The fraction of sp³-hybridized carbons (Fsp3) is 0.455. The summed E-state index contributed by atoms with van der Waals surface area (Å²) in [6, 6.07) is 3.08. The van der Waals surface area contributed by atoms with E-state index in [1.807, 2.05) is 0 Å². The number of anilines is 1. The van der Waals surface area contributed by atoms with Crippen molar-refractivity contribution < 1.29 is 18.6 Å². The first-order valence-electron chi connectivity index (χ1n) is 5.49. The summed E-state index contributed by atoms with van der Waals surface area (Å²) in [7, 11) is -3.76. The molecule has 1 atom stereocenters. The molecule has 1 aromatic carbocycles. The van der Waals surface area contributed by atoms with Gasteiger partial charge in [0.15, 0.2) is 0 Å². The lowest BCUT2D eigenvalue weighted by Gasteiger charge is -2.20. The Morgan fingerprint density at radius 3 is 2.44 bits per heavy atom. The normalized spacial score (nSPS) is 13.8. The average Bonchev–Trinajstić information content (AvgIpc) is 2.29. The van der Waals surface area contributed by atoms with Crippen LogP contribution in [-0.4, -0.2) is 31.3 Å². The van der Waals surface area contributed by atoms with Gasteiger partial charge in [0.2, 0.25) is 10.0 Å². The highest BCUT2D eigenvalue weighted by atomic mass is 32.2.